The van der Waals surface area contributed by atoms with E-state index in [1.54, 1.807) is 6.92 Å². The van der Waals surface area contributed by atoms with Gasteiger partial charge in [0.25, 0.3) is 0 Å². The van der Waals surface area contributed by atoms with Crippen molar-refractivity contribution in [3.05, 3.63) is 0 Å². The van der Waals surface area contributed by atoms with Gasteiger partial charge in [0.05, 0.1) is 0 Å². The molecule has 3 heteroatoms. The van der Waals surface area contributed by atoms with Crippen molar-refractivity contribution < 1.29 is 8.39 Å². The molecule has 0 aliphatic rings. The van der Waals surface area contributed by atoms with Crippen LogP contribution in [0.25, 0.3) is 0 Å². The molecule has 0 radical (unpaired) electrons. The van der Waals surface area contributed by atoms with Crippen LogP contribution in [0.15, 0.2) is 0 Å². The minimum absolute atomic E-state index is 0.136. The van der Waals surface area contributed by atoms with Crippen LogP contribution in [0.2, 0.25) is 0 Å². The van der Waals surface area contributed by atoms with Crippen LogP contribution in [0.1, 0.15) is 20.8 Å². The smallest absolute Gasteiger partial charge is 0.153 e. The standard InChI is InChI=1S/C10H14O2S/c1-6-7-8-10(4,9(2)3)12-13(5)11/h1,9H,2-5H3. The van der Waals surface area contributed by atoms with Gasteiger partial charge < -0.3 is 0 Å². The van der Waals surface area contributed by atoms with E-state index < -0.39 is 16.7 Å². The van der Waals surface area contributed by atoms with Gasteiger partial charge in [-0.2, -0.15) is 0 Å². The molecule has 72 valence electrons. The highest BCUT2D eigenvalue weighted by molar-refractivity contribution is 7.79. The average Bonchev–Trinajstić information content (AvgIpc) is 1.99. The molecule has 0 spiro atoms. The van der Waals surface area contributed by atoms with Crippen molar-refractivity contribution in [3.63, 3.8) is 0 Å². The third-order valence-electron chi connectivity index (χ3n) is 1.78. The summed E-state index contributed by atoms with van der Waals surface area (Å²) < 4.78 is 16.1. The Bertz CT molecular complexity index is 290. The van der Waals surface area contributed by atoms with Crippen LogP contribution in [0, 0.1) is 30.1 Å². The maximum absolute atomic E-state index is 10.9. The molecular weight excluding hydrogens is 184 g/mol. The molecule has 0 aromatic carbocycles. The van der Waals surface area contributed by atoms with Gasteiger partial charge in [0, 0.05) is 6.26 Å². The molecule has 0 rings (SSSR count). The van der Waals surface area contributed by atoms with Crippen molar-refractivity contribution in [1.29, 1.82) is 0 Å². The highest BCUT2D eigenvalue weighted by Crippen LogP contribution is 2.21. The van der Waals surface area contributed by atoms with E-state index in [9.17, 15) is 4.21 Å². The predicted molar refractivity (Wildman–Crippen MR) is 55.0 cm³/mol. The molecule has 0 aliphatic carbocycles. The monoisotopic (exact) mass is 198 g/mol. The largest absolute Gasteiger partial charge is 0.271 e. The van der Waals surface area contributed by atoms with Crippen LogP contribution < -0.4 is 0 Å². The summed E-state index contributed by atoms with van der Waals surface area (Å²) in [6, 6.07) is 0. The molecule has 13 heavy (non-hydrogen) atoms. The number of rotatable bonds is 3. The fourth-order valence-corrected chi connectivity index (χ4v) is 1.39. The van der Waals surface area contributed by atoms with Crippen LogP contribution in [0.5, 0.6) is 0 Å². The van der Waals surface area contributed by atoms with E-state index in [1.807, 2.05) is 13.8 Å². The zero-order chi connectivity index (χ0) is 10.5. The van der Waals surface area contributed by atoms with Crippen LogP contribution in [0.4, 0.5) is 0 Å². The van der Waals surface area contributed by atoms with E-state index in [0.717, 1.165) is 0 Å². The summed E-state index contributed by atoms with van der Waals surface area (Å²) in [6.07, 6.45) is 6.48. The van der Waals surface area contributed by atoms with Gasteiger partial charge in [0.2, 0.25) is 0 Å². The molecule has 0 aromatic heterocycles. The van der Waals surface area contributed by atoms with E-state index in [2.05, 4.69) is 17.8 Å². The van der Waals surface area contributed by atoms with Crippen LogP contribution in [0.3, 0.4) is 0 Å². The zero-order valence-corrected chi connectivity index (χ0v) is 9.20. The van der Waals surface area contributed by atoms with Crippen molar-refractivity contribution in [2.45, 2.75) is 26.4 Å². The maximum atomic E-state index is 10.9. The molecule has 0 saturated carbocycles. The molecule has 0 aliphatic heterocycles. The van der Waals surface area contributed by atoms with E-state index in [-0.39, 0.29) is 5.92 Å². The summed E-state index contributed by atoms with van der Waals surface area (Å²) in [6.45, 7) is 5.67. The SMILES string of the molecule is C#CC#CC(C)(OS(C)=O)C(C)C. The Morgan fingerprint density at radius 2 is 2.08 bits per heavy atom. The van der Waals surface area contributed by atoms with Gasteiger partial charge in [-0.05, 0) is 24.7 Å². The van der Waals surface area contributed by atoms with Crippen molar-refractivity contribution in [2.24, 2.45) is 5.92 Å². The highest BCUT2D eigenvalue weighted by Gasteiger charge is 2.28. The molecular formula is C10H14O2S. The van der Waals surface area contributed by atoms with Crippen molar-refractivity contribution in [3.8, 4) is 24.2 Å². The molecule has 2 atom stereocenters. The quantitative estimate of drug-likeness (QED) is 0.640. The van der Waals surface area contributed by atoms with Gasteiger partial charge in [-0.15, -0.1) is 6.42 Å². The molecule has 0 fully saturated rings. The third-order valence-corrected chi connectivity index (χ3v) is 2.36. The number of hydrogen-bond donors (Lipinski definition) is 0. The van der Waals surface area contributed by atoms with Crippen molar-refractivity contribution in [1.82, 2.24) is 0 Å². The first kappa shape index (κ1) is 12.2. The van der Waals surface area contributed by atoms with Crippen LogP contribution >= 0.6 is 0 Å². The Labute approximate surface area is 82.7 Å². The van der Waals surface area contributed by atoms with E-state index in [1.165, 1.54) is 6.26 Å². The maximum Gasteiger partial charge on any atom is 0.153 e. The fourth-order valence-electron chi connectivity index (χ4n) is 0.665. The van der Waals surface area contributed by atoms with E-state index in [4.69, 9.17) is 10.6 Å². The minimum Gasteiger partial charge on any atom is -0.271 e. The molecule has 0 bridgehead atoms. The Hall–Kier alpha value is -0.770. The molecule has 0 amide bonds. The fraction of sp³-hybridized carbons (Fsp3) is 0.600. The molecule has 0 heterocycles. The Morgan fingerprint density at radius 1 is 1.54 bits per heavy atom. The predicted octanol–water partition coefficient (Wildman–Crippen LogP) is 1.35. The molecule has 0 aromatic rings. The normalized spacial score (nSPS) is 16.6. The topological polar surface area (TPSA) is 26.3 Å². The Morgan fingerprint density at radius 3 is 2.38 bits per heavy atom. The molecule has 0 N–H and O–H groups in total. The van der Waals surface area contributed by atoms with E-state index >= 15 is 0 Å². The van der Waals surface area contributed by atoms with Gasteiger partial charge in [-0.1, -0.05) is 19.8 Å². The Balaban J connectivity index is 4.75. The number of hydrogen-bond acceptors (Lipinski definition) is 2. The zero-order valence-electron chi connectivity index (χ0n) is 8.38. The highest BCUT2D eigenvalue weighted by atomic mass is 32.2. The summed E-state index contributed by atoms with van der Waals surface area (Å²) in [7, 11) is 0. The first-order chi connectivity index (χ1) is 5.92. The lowest BCUT2D eigenvalue weighted by molar-refractivity contribution is 0.119. The van der Waals surface area contributed by atoms with Gasteiger partial charge in [-0.3, -0.25) is 4.18 Å². The molecule has 0 saturated heterocycles. The first-order valence-corrected chi connectivity index (χ1v) is 5.41. The van der Waals surface area contributed by atoms with Crippen LogP contribution in [-0.2, 0) is 15.3 Å². The summed E-state index contributed by atoms with van der Waals surface area (Å²) in [4.78, 5) is 0. The van der Waals surface area contributed by atoms with Gasteiger partial charge in [-0.25, -0.2) is 4.21 Å². The van der Waals surface area contributed by atoms with E-state index in [0.29, 0.717) is 0 Å². The Kier molecular flexibility index (Phi) is 4.77. The second-order valence-corrected chi connectivity index (χ2v) is 4.11. The van der Waals surface area contributed by atoms with Gasteiger partial charge in [0.1, 0.15) is 5.60 Å². The summed E-state index contributed by atoms with van der Waals surface area (Å²) >= 11 is -1.33. The van der Waals surface area contributed by atoms with Crippen molar-refractivity contribution >= 4 is 11.1 Å². The van der Waals surface area contributed by atoms with Gasteiger partial charge in [0.15, 0.2) is 11.1 Å². The lowest BCUT2D eigenvalue weighted by Gasteiger charge is -2.25. The van der Waals surface area contributed by atoms with Gasteiger partial charge >= 0.3 is 0 Å². The average molecular weight is 198 g/mol. The number of terminal acetylenes is 1. The lowest BCUT2D eigenvalue weighted by atomic mass is 9.93. The summed E-state index contributed by atoms with van der Waals surface area (Å²) in [5.41, 5.74) is -0.730. The molecule has 2 nitrogen and oxygen atoms in total. The third kappa shape index (κ3) is 4.12. The minimum atomic E-state index is -1.33. The van der Waals surface area contributed by atoms with Crippen molar-refractivity contribution in [2.75, 3.05) is 6.26 Å². The first-order valence-electron chi connectivity index (χ1n) is 3.93. The molecule has 2 unspecified atom stereocenters. The lowest BCUT2D eigenvalue weighted by Crippen LogP contribution is -2.33. The second-order valence-electron chi connectivity index (χ2n) is 3.14. The van der Waals surface area contributed by atoms with Crippen LogP contribution in [-0.4, -0.2) is 16.1 Å². The summed E-state index contributed by atoms with van der Waals surface area (Å²) in [5.74, 6) is 7.62. The summed E-state index contributed by atoms with van der Waals surface area (Å²) in [5, 5.41) is 0. The second kappa shape index (κ2) is 5.07.